The van der Waals surface area contributed by atoms with E-state index < -0.39 is 0 Å². The summed E-state index contributed by atoms with van der Waals surface area (Å²) in [7, 11) is 1.62. The number of aromatic nitrogens is 3. The molecule has 0 spiro atoms. The molecular weight excluding hydrogens is 408 g/mol. The normalized spacial score (nSPS) is 16.2. The summed E-state index contributed by atoms with van der Waals surface area (Å²) in [6.45, 7) is 2.62. The summed E-state index contributed by atoms with van der Waals surface area (Å²) >= 11 is 3.45. The smallest absolute Gasteiger partial charge is 0.257 e. The number of hydrogen-bond donors (Lipinski definition) is 1. The van der Waals surface area contributed by atoms with Crippen LogP contribution >= 0.6 is 15.9 Å². The minimum Gasteiger partial charge on any atom is -0.496 e. The van der Waals surface area contributed by atoms with Crippen LogP contribution in [-0.4, -0.2) is 27.6 Å². The van der Waals surface area contributed by atoms with Crippen molar-refractivity contribution in [3.05, 3.63) is 57.4 Å². The molecule has 1 aliphatic rings. The Hall–Kier alpha value is -2.41. The maximum absolute atomic E-state index is 12.7. The number of hydrogen-bond acceptors (Lipinski definition) is 4. The van der Waals surface area contributed by atoms with Gasteiger partial charge in [-0.25, -0.2) is 9.50 Å². The van der Waals surface area contributed by atoms with E-state index in [4.69, 9.17) is 4.74 Å². The van der Waals surface area contributed by atoms with Gasteiger partial charge in [-0.1, -0.05) is 22.9 Å². The number of nitrogens with one attached hydrogen (secondary N) is 1. The fourth-order valence-electron chi connectivity index (χ4n) is 3.63. The molecule has 27 heavy (non-hydrogen) atoms. The van der Waals surface area contributed by atoms with E-state index >= 15 is 0 Å². The molecule has 1 atom stereocenters. The lowest BCUT2D eigenvalue weighted by Gasteiger charge is -2.21. The Bertz CT molecular complexity index is 1010. The molecule has 0 radical (unpaired) electrons. The van der Waals surface area contributed by atoms with Gasteiger partial charge in [0.05, 0.1) is 13.3 Å². The van der Waals surface area contributed by atoms with Crippen molar-refractivity contribution in [3.8, 4) is 5.75 Å². The van der Waals surface area contributed by atoms with E-state index in [0.717, 1.165) is 35.0 Å². The summed E-state index contributed by atoms with van der Waals surface area (Å²) < 4.78 is 8.13. The zero-order valence-electron chi connectivity index (χ0n) is 15.3. The first-order chi connectivity index (χ1) is 13.1. The first kappa shape index (κ1) is 18.0. The molecule has 2 heterocycles. The molecule has 1 N–H and O–H groups in total. The lowest BCUT2D eigenvalue weighted by molar-refractivity contribution is 0.0952. The number of fused-ring (bicyclic) bond motifs is 3. The van der Waals surface area contributed by atoms with Gasteiger partial charge in [-0.15, -0.1) is 0 Å². The van der Waals surface area contributed by atoms with Crippen molar-refractivity contribution in [1.82, 2.24) is 19.9 Å². The Labute approximate surface area is 166 Å². The zero-order valence-corrected chi connectivity index (χ0v) is 16.9. The van der Waals surface area contributed by atoms with E-state index in [-0.39, 0.29) is 5.91 Å². The topological polar surface area (TPSA) is 68.5 Å². The number of rotatable bonds is 4. The fraction of sp³-hybridized carbons (Fsp3) is 0.350. The molecule has 3 aromatic rings. The molecule has 0 unspecified atom stereocenters. The van der Waals surface area contributed by atoms with Crippen molar-refractivity contribution >= 4 is 27.5 Å². The van der Waals surface area contributed by atoms with Crippen molar-refractivity contribution in [2.45, 2.75) is 32.7 Å². The maximum atomic E-state index is 12.7. The number of halogens is 1. The third-order valence-corrected chi connectivity index (χ3v) is 5.57. The number of carbonyl (C=O) groups excluding carboxylic acids is 1. The predicted octanol–water partition coefficient (Wildman–Crippen LogP) is 3.56. The van der Waals surface area contributed by atoms with Crippen LogP contribution in [-0.2, 0) is 19.4 Å². The van der Waals surface area contributed by atoms with Crippen LogP contribution in [0.25, 0.3) is 5.65 Å². The second-order valence-electron chi connectivity index (χ2n) is 7.01. The Morgan fingerprint density at radius 3 is 3.07 bits per heavy atom. The van der Waals surface area contributed by atoms with Gasteiger partial charge in [0.1, 0.15) is 11.3 Å². The van der Waals surface area contributed by atoms with Gasteiger partial charge in [0.2, 0.25) is 0 Å². The van der Waals surface area contributed by atoms with Crippen LogP contribution < -0.4 is 10.1 Å². The maximum Gasteiger partial charge on any atom is 0.257 e. The molecule has 4 rings (SSSR count). The number of nitrogens with zero attached hydrogens (tertiary/aromatic N) is 3. The second kappa shape index (κ2) is 7.31. The summed E-state index contributed by atoms with van der Waals surface area (Å²) in [5.41, 5.74) is 4.41. The van der Waals surface area contributed by atoms with Gasteiger partial charge >= 0.3 is 0 Å². The third-order valence-electron chi connectivity index (χ3n) is 5.08. The highest BCUT2D eigenvalue weighted by Crippen LogP contribution is 2.26. The van der Waals surface area contributed by atoms with Gasteiger partial charge in [-0.05, 0) is 48.9 Å². The van der Waals surface area contributed by atoms with Crippen LogP contribution in [0.5, 0.6) is 5.75 Å². The minimum atomic E-state index is -0.191. The van der Waals surface area contributed by atoms with Crippen LogP contribution in [0, 0.1) is 5.92 Å². The fourth-order valence-corrected chi connectivity index (χ4v) is 4.04. The molecule has 2 aromatic heterocycles. The molecule has 6 nitrogen and oxygen atoms in total. The average Bonchev–Trinajstić information content (AvgIpc) is 3.10. The molecular formula is C20H21BrN4O2. The van der Waals surface area contributed by atoms with E-state index in [0.29, 0.717) is 23.7 Å². The standard InChI is InChI=1S/C20H21BrN4O2/c1-12-3-5-17-13(7-12)9-22-19-16(11-24-25(17)19)20(26)23-10-14-8-15(21)4-6-18(14)27-2/h4,6,8-9,11-12H,3,5,7,10H2,1-2H3,(H,23,26)/t12-/m0/s1. The molecule has 0 aliphatic heterocycles. The molecule has 7 heteroatoms. The van der Waals surface area contributed by atoms with Gasteiger partial charge in [0, 0.05) is 28.5 Å². The van der Waals surface area contributed by atoms with Crippen molar-refractivity contribution < 1.29 is 9.53 Å². The average molecular weight is 429 g/mol. The largest absolute Gasteiger partial charge is 0.496 e. The summed E-state index contributed by atoms with van der Waals surface area (Å²) in [5, 5.41) is 7.39. The number of ether oxygens (including phenoxy) is 1. The lowest BCUT2D eigenvalue weighted by Crippen LogP contribution is -2.23. The number of carbonyl (C=O) groups is 1. The first-order valence-corrected chi connectivity index (χ1v) is 9.81. The van der Waals surface area contributed by atoms with Crippen molar-refractivity contribution in [2.24, 2.45) is 5.92 Å². The summed E-state index contributed by atoms with van der Waals surface area (Å²) in [6.07, 6.45) is 6.62. The number of benzene rings is 1. The van der Waals surface area contributed by atoms with E-state index in [2.05, 4.69) is 38.3 Å². The highest BCUT2D eigenvalue weighted by molar-refractivity contribution is 9.10. The lowest BCUT2D eigenvalue weighted by atomic mass is 9.89. The summed E-state index contributed by atoms with van der Waals surface area (Å²) in [4.78, 5) is 17.3. The quantitative estimate of drug-likeness (QED) is 0.689. The van der Waals surface area contributed by atoms with Crippen LogP contribution in [0.15, 0.2) is 35.1 Å². The third kappa shape index (κ3) is 3.43. The highest BCUT2D eigenvalue weighted by Gasteiger charge is 2.22. The predicted molar refractivity (Wildman–Crippen MR) is 106 cm³/mol. The first-order valence-electron chi connectivity index (χ1n) is 9.02. The van der Waals surface area contributed by atoms with Gasteiger partial charge in [-0.2, -0.15) is 5.10 Å². The Balaban J connectivity index is 1.58. The molecule has 1 aromatic carbocycles. The van der Waals surface area contributed by atoms with E-state index in [1.807, 2.05) is 28.9 Å². The second-order valence-corrected chi connectivity index (χ2v) is 7.93. The molecule has 0 bridgehead atoms. The number of aryl methyl sites for hydroxylation is 1. The van der Waals surface area contributed by atoms with Gasteiger partial charge < -0.3 is 10.1 Å². The summed E-state index contributed by atoms with van der Waals surface area (Å²) in [6, 6.07) is 5.71. The molecule has 1 aliphatic carbocycles. The van der Waals surface area contributed by atoms with Crippen molar-refractivity contribution in [2.75, 3.05) is 7.11 Å². The number of methoxy groups -OCH3 is 1. The van der Waals surface area contributed by atoms with Crippen LogP contribution in [0.3, 0.4) is 0 Å². The van der Waals surface area contributed by atoms with Crippen LogP contribution in [0.1, 0.15) is 40.5 Å². The number of amides is 1. The van der Waals surface area contributed by atoms with Gasteiger partial charge in [0.25, 0.3) is 5.91 Å². The molecule has 0 fully saturated rings. The Morgan fingerprint density at radius 1 is 1.41 bits per heavy atom. The van der Waals surface area contributed by atoms with Gasteiger partial charge in [-0.3, -0.25) is 4.79 Å². The zero-order chi connectivity index (χ0) is 19.0. The Kier molecular flexibility index (Phi) is 4.86. The molecule has 0 saturated heterocycles. The van der Waals surface area contributed by atoms with Crippen LogP contribution in [0.2, 0.25) is 0 Å². The van der Waals surface area contributed by atoms with E-state index in [9.17, 15) is 4.79 Å². The summed E-state index contributed by atoms with van der Waals surface area (Å²) in [5.74, 6) is 1.21. The highest BCUT2D eigenvalue weighted by atomic mass is 79.9. The SMILES string of the molecule is COc1ccc(Br)cc1CNC(=O)c1cnn2c3c(cnc12)C[C@@H](C)CC3. The molecule has 1 amide bonds. The Morgan fingerprint density at radius 2 is 2.26 bits per heavy atom. The monoisotopic (exact) mass is 428 g/mol. The van der Waals surface area contributed by atoms with Gasteiger partial charge in [0.15, 0.2) is 5.65 Å². The minimum absolute atomic E-state index is 0.191. The van der Waals surface area contributed by atoms with E-state index in [1.165, 1.54) is 11.3 Å². The van der Waals surface area contributed by atoms with Crippen molar-refractivity contribution in [3.63, 3.8) is 0 Å². The molecule has 0 saturated carbocycles. The van der Waals surface area contributed by atoms with Crippen LogP contribution in [0.4, 0.5) is 0 Å². The van der Waals surface area contributed by atoms with E-state index in [1.54, 1.807) is 13.3 Å². The molecule has 140 valence electrons. The van der Waals surface area contributed by atoms with Crippen molar-refractivity contribution in [1.29, 1.82) is 0 Å².